The second-order valence-corrected chi connectivity index (χ2v) is 8.15. The Morgan fingerprint density at radius 2 is 1.92 bits per heavy atom. The first-order chi connectivity index (χ1) is 17.1. The van der Waals surface area contributed by atoms with Crippen molar-refractivity contribution in [1.82, 2.24) is 9.55 Å². The fourth-order valence-corrected chi connectivity index (χ4v) is 3.92. The van der Waals surface area contributed by atoms with E-state index in [1.54, 1.807) is 6.07 Å². The highest BCUT2D eigenvalue weighted by Crippen LogP contribution is 2.38. The van der Waals surface area contributed by atoms with Crippen LogP contribution in [0.1, 0.15) is 30.9 Å². The lowest BCUT2D eigenvalue weighted by Crippen LogP contribution is -2.23. The Hall–Kier alpha value is -4.85. The number of hydrogen-bond donors (Lipinski definition) is 1. The number of pyridine rings is 2. The number of fused-ring (bicyclic) bond motifs is 1. The van der Waals surface area contributed by atoms with Gasteiger partial charge in [-0.1, -0.05) is 26.0 Å². The molecule has 2 aromatic heterocycles. The number of ether oxygens (including phenoxy) is 1. The van der Waals surface area contributed by atoms with Crippen LogP contribution in [0.5, 0.6) is 11.5 Å². The number of benzene rings is 2. The molecule has 11 heteroatoms. The Labute approximate surface area is 202 Å². The predicted molar refractivity (Wildman–Crippen MR) is 126 cm³/mol. The molecule has 0 bridgehead atoms. The van der Waals surface area contributed by atoms with Crippen molar-refractivity contribution in [3.05, 3.63) is 85.7 Å². The molecule has 182 valence electrons. The summed E-state index contributed by atoms with van der Waals surface area (Å²) >= 11 is 0. The van der Waals surface area contributed by atoms with Crippen LogP contribution in [0.2, 0.25) is 0 Å². The van der Waals surface area contributed by atoms with Crippen LogP contribution in [0.4, 0.5) is 14.5 Å². The van der Waals surface area contributed by atoms with Gasteiger partial charge in [-0.3, -0.25) is 19.5 Å². The first-order valence-electron chi connectivity index (χ1n) is 10.6. The maximum Gasteiger partial charge on any atom is 0.376 e. The molecule has 0 saturated carbocycles. The molecule has 0 amide bonds. The summed E-state index contributed by atoms with van der Waals surface area (Å²) in [7, 11) is 1.25. The molecule has 0 spiro atoms. The molecule has 0 atom stereocenters. The minimum Gasteiger partial charge on any atom is -0.501 e. The number of methoxy groups -OCH3 is 1. The molecule has 36 heavy (non-hydrogen) atoms. The molecule has 4 rings (SSSR count). The Morgan fingerprint density at radius 3 is 2.53 bits per heavy atom. The largest absolute Gasteiger partial charge is 0.501 e. The van der Waals surface area contributed by atoms with Gasteiger partial charge in [-0.15, -0.1) is 0 Å². The summed E-state index contributed by atoms with van der Waals surface area (Å²) < 4.78 is 35.9. The van der Waals surface area contributed by atoms with Crippen molar-refractivity contribution in [3.8, 4) is 34.5 Å². The topological polar surface area (TPSA) is 131 Å². The number of hydrogen-bond acceptors (Lipinski definition) is 7. The van der Waals surface area contributed by atoms with Crippen LogP contribution in [0, 0.1) is 33.1 Å². The molecule has 0 aliphatic rings. The van der Waals surface area contributed by atoms with Gasteiger partial charge in [0.25, 0.3) is 0 Å². The fourth-order valence-electron chi connectivity index (χ4n) is 3.92. The highest BCUT2D eigenvalue weighted by atomic mass is 19.1. The van der Waals surface area contributed by atoms with Gasteiger partial charge in [-0.05, 0) is 41.8 Å². The van der Waals surface area contributed by atoms with Crippen molar-refractivity contribution in [2.45, 2.75) is 19.8 Å². The van der Waals surface area contributed by atoms with E-state index >= 15 is 4.39 Å². The number of aromatic nitrogens is 2. The zero-order valence-corrected chi connectivity index (χ0v) is 19.2. The predicted octanol–water partition coefficient (Wildman–Crippen LogP) is 4.95. The van der Waals surface area contributed by atoms with E-state index in [1.165, 1.54) is 31.4 Å². The summed E-state index contributed by atoms with van der Waals surface area (Å²) in [6.07, 6.45) is 0. The highest BCUT2D eigenvalue weighted by molar-refractivity contribution is 5.90. The van der Waals surface area contributed by atoms with Gasteiger partial charge >= 0.3 is 11.2 Å². The summed E-state index contributed by atoms with van der Waals surface area (Å²) in [5.74, 6) is -3.14. The Morgan fingerprint density at radius 1 is 1.19 bits per heavy atom. The summed E-state index contributed by atoms with van der Waals surface area (Å²) in [5, 5.41) is 31.5. The highest BCUT2D eigenvalue weighted by Gasteiger charge is 2.30. The van der Waals surface area contributed by atoms with Crippen molar-refractivity contribution >= 4 is 16.7 Å². The average Bonchev–Trinajstić information content (AvgIpc) is 2.84. The molecular formula is C25H18F2N4O5. The minimum absolute atomic E-state index is 0.0132. The number of nitrogens with zero attached hydrogens (tertiary/aromatic N) is 4. The molecule has 0 unspecified atom stereocenters. The molecule has 0 aliphatic carbocycles. The van der Waals surface area contributed by atoms with Gasteiger partial charge in [0.15, 0.2) is 11.5 Å². The smallest absolute Gasteiger partial charge is 0.376 e. The molecule has 1 N–H and O–H groups in total. The maximum absolute atomic E-state index is 15.2. The first kappa shape index (κ1) is 24.3. The van der Waals surface area contributed by atoms with Crippen LogP contribution < -0.4 is 10.3 Å². The zero-order valence-electron chi connectivity index (χ0n) is 19.2. The second kappa shape index (κ2) is 9.07. The van der Waals surface area contributed by atoms with Crippen LogP contribution in [0.3, 0.4) is 0 Å². The van der Waals surface area contributed by atoms with Gasteiger partial charge in [-0.2, -0.15) is 5.26 Å². The lowest BCUT2D eigenvalue weighted by atomic mass is 10.00. The van der Waals surface area contributed by atoms with E-state index in [2.05, 4.69) is 4.98 Å². The van der Waals surface area contributed by atoms with E-state index < -0.39 is 50.3 Å². The molecule has 2 aromatic carbocycles. The van der Waals surface area contributed by atoms with E-state index in [0.717, 1.165) is 22.3 Å². The van der Waals surface area contributed by atoms with Crippen LogP contribution in [0.15, 0.2) is 47.3 Å². The van der Waals surface area contributed by atoms with Crippen LogP contribution in [0.25, 0.3) is 28.0 Å². The van der Waals surface area contributed by atoms with Crippen molar-refractivity contribution in [2.24, 2.45) is 0 Å². The Balaban J connectivity index is 2.21. The van der Waals surface area contributed by atoms with Gasteiger partial charge in [-0.25, -0.2) is 13.8 Å². The van der Waals surface area contributed by atoms with E-state index in [0.29, 0.717) is 0 Å². The maximum atomic E-state index is 15.2. The van der Waals surface area contributed by atoms with E-state index in [-0.39, 0.29) is 28.5 Å². The molecule has 0 fully saturated rings. The van der Waals surface area contributed by atoms with Crippen molar-refractivity contribution in [1.29, 1.82) is 5.26 Å². The van der Waals surface area contributed by atoms with Gasteiger partial charge in [0, 0.05) is 0 Å². The standard InChI is InChI=1S/C25H18F2N4O5/c1-12(2)13-7-8-18(14(9-13)11-28)30-24-15(23(32)22(25(30)33)31(34)35)10-17(27)21(29-24)20-16(26)5-4-6-19(20)36-3/h4-10,12,32H,1-3H3. The first-order valence-corrected chi connectivity index (χ1v) is 10.6. The fraction of sp³-hybridized carbons (Fsp3) is 0.160. The summed E-state index contributed by atoms with van der Waals surface area (Å²) in [5.41, 5.74) is -3.19. The van der Waals surface area contributed by atoms with Gasteiger partial charge in [0.2, 0.25) is 5.75 Å². The quantitative estimate of drug-likeness (QED) is 0.308. The number of nitro groups is 1. The summed E-state index contributed by atoms with van der Waals surface area (Å²) in [4.78, 5) is 27.9. The van der Waals surface area contributed by atoms with Gasteiger partial charge in [0.05, 0.1) is 34.2 Å². The van der Waals surface area contributed by atoms with E-state index in [9.17, 15) is 29.7 Å². The molecule has 9 nitrogen and oxygen atoms in total. The normalized spacial score (nSPS) is 11.0. The monoisotopic (exact) mass is 492 g/mol. The lowest BCUT2D eigenvalue weighted by molar-refractivity contribution is -0.387. The third-order valence-corrected chi connectivity index (χ3v) is 5.72. The molecular weight excluding hydrogens is 474 g/mol. The molecule has 4 aromatic rings. The molecule has 2 heterocycles. The summed E-state index contributed by atoms with van der Waals surface area (Å²) in [6, 6.07) is 11.0. The summed E-state index contributed by atoms with van der Waals surface area (Å²) in [6.45, 7) is 3.78. The van der Waals surface area contributed by atoms with Crippen LogP contribution in [-0.2, 0) is 0 Å². The number of halogens is 2. The molecule has 0 saturated heterocycles. The second-order valence-electron chi connectivity index (χ2n) is 8.15. The van der Waals surface area contributed by atoms with Crippen molar-refractivity contribution < 1.29 is 23.5 Å². The average molecular weight is 492 g/mol. The van der Waals surface area contributed by atoms with E-state index in [4.69, 9.17) is 4.74 Å². The number of aromatic hydroxyl groups is 1. The van der Waals surface area contributed by atoms with Crippen molar-refractivity contribution in [2.75, 3.05) is 7.11 Å². The minimum atomic E-state index is -1.30. The zero-order chi connectivity index (χ0) is 26.3. The Kier molecular flexibility index (Phi) is 6.12. The van der Waals surface area contributed by atoms with Crippen molar-refractivity contribution in [3.63, 3.8) is 0 Å². The third-order valence-electron chi connectivity index (χ3n) is 5.72. The van der Waals surface area contributed by atoms with E-state index in [1.807, 2.05) is 19.9 Å². The Bertz CT molecular complexity index is 1660. The number of nitriles is 1. The SMILES string of the molecule is COc1cccc(F)c1-c1nc2c(cc1F)c(O)c([N+](=O)[O-])c(=O)n2-c1ccc(C(C)C)cc1C#N. The lowest BCUT2D eigenvalue weighted by Gasteiger charge is -2.16. The van der Waals surface area contributed by atoms with Gasteiger partial charge in [0.1, 0.15) is 23.3 Å². The molecule has 0 aliphatic heterocycles. The molecule has 0 radical (unpaired) electrons. The van der Waals surface area contributed by atoms with Crippen LogP contribution in [-0.4, -0.2) is 26.7 Å². The number of rotatable bonds is 5. The third kappa shape index (κ3) is 3.78. The van der Waals surface area contributed by atoms with Crippen LogP contribution >= 0.6 is 0 Å². The van der Waals surface area contributed by atoms with Gasteiger partial charge < -0.3 is 9.84 Å².